The number of carboxylic acids is 1. The van der Waals surface area contributed by atoms with E-state index in [1.165, 1.54) is 0 Å². The molecular weight excluding hydrogens is 294 g/mol. The molecule has 0 radical (unpaired) electrons. The normalized spacial score (nSPS) is 13.7. The second-order valence-electron chi connectivity index (χ2n) is 5.82. The number of carboxylic acid groups (broad SMARTS) is 1. The van der Waals surface area contributed by atoms with E-state index < -0.39 is 12.0 Å². The van der Waals surface area contributed by atoms with E-state index >= 15 is 0 Å². The van der Waals surface area contributed by atoms with Crippen molar-refractivity contribution >= 4 is 17.5 Å². The molecule has 6 heteroatoms. The van der Waals surface area contributed by atoms with Crippen molar-refractivity contribution in [1.29, 1.82) is 0 Å². The molecule has 0 aromatic carbocycles. The third kappa shape index (κ3) is 3.36. The number of amides is 1. The maximum Gasteiger partial charge on any atom is 0.326 e. The number of pyridine rings is 1. The smallest absolute Gasteiger partial charge is 0.326 e. The Hall–Kier alpha value is -2.37. The molecule has 0 saturated carbocycles. The van der Waals surface area contributed by atoms with Crippen molar-refractivity contribution in [3.63, 3.8) is 0 Å². The maximum atomic E-state index is 12.4. The molecule has 2 aromatic rings. The SMILES string of the molecule is CCc1nc2ccc(C(=O)NC(C(=O)O)C(C)CC)cn2c1C. The van der Waals surface area contributed by atoms with Gasteiger partial charge >= 0.3 is 5.97 Å². The highest BCUT2D eigenvalue weighted by molar-refractivity contribution is 5.96. The first-order chi connectivity index (χ1) is 10.9. The minimum Gasteiger partial charge on any atom is -0.480 e. The molecule has 2 N–H and O–H groups in total. The van der Waals surface area contributed by atoms with Gasteiger partial charge < -0.3 is 14.8 Å². The Kier molecular flexibility index (Phi) is 5.03. The summed E-state index contributed by atoms with van der Waals surface area (Å²) in [6, 6.07) is 2.56. The Morgan fingerprint density at radius 2 is 2.04 bits per heavy atom. The molecule has 0 aliphatic heterocycles. The van der Waals surface area contributed by atoms with Gasteiger partial charge in [0.15, 0.2) is 0 Å². The highest BCUT2D eigenvalue weighted by Gasteiger charge is 2.26. The van der Waals surface area contributed by atoms with E-state index in [4.69, 9.17) is 0 Å². The number of hydrogen-bond donors (Lipinski definition) is 2. The van der Waals surface area contributed by atoms with E-state index in [0.717, 1.165) is 23.5 Å². The van der Waals surface area contributed by atoms with Crippen molar-refractivity contribution in [1.82, 2.24) is 14.7 Å². The van der Waals surface area contributed by atoms with Crippen molar-refractivity contribution in [3.05, 3.63) is 35.3 Å². The quantitative estimate of drug-likeness (QED) is 0.857. The Bertz CT molecular complexity index is 736. The molecule has 2 heterocycles. The topological polar surface area (TPSA) is 83.7 Å². The fourth-order valence-electron chi connectivity index (χ4n) is 2.59. The minimum absolute atomic E-state index is 0.137. The van der Waals surface area contributed by atoms with Gasteiger partial charge in [0.05, 0.1) is 11.3 Å². The van der Waals surface area contributed by atoms with Gasteiger partial charge in [-0.2, -0.15) is 0 Å². The van der Waals surface area contributed by atoms with Crippen LogP contribution in [-0.2, 0) is 11.2 Å². The zero-order valence-electron chi connectivity index (χ0n) is 14.0. The number of aryl methyl sites for hydroxylation is 2. The molecule has 0 aliphatic carbocycles. The van der Waals surface area contributed by atoms with Crippen molar-refractivity contribution in [2.24, 2.45) is 5.92 Å². The van der Waals surface area contributed by atoms with Gasteiger partial charge in [0.25, 0.3) is 5.91 Å². The number of fused-ring (bicyclic) bond motifs is 1. The lowest BCUT2D eigenvalue weighted by molar-refractivity contribution is -0.140. The monoisotopic (exact) mass is 317 g/mol. The van der Waals surface area contributed by atoms with Gasteiger partial charge in [0.1, 0.15) is 11.7 Å². The molecule has 0 saturated heterocycles. The molecule has 1 amide bonds. The number of nitrogens with zero attached hydrogens (tertiary/aromatic N) is 2. The molecule has 2 aromatic heterocycles. The maximum absolute atomic E-state index is 12.4. The first kappa shape index (κ1) is 17.0. The van der Waals surface area contributed by atoms with E-state index in [2.05, 4.69) is 10.3 Å². The standard InChI is InChI=1S/C17H23N3O3/c1-5-10(3)15(17(22)23)19-16(21)12-7-8-14-18-13(6-2)11(4)20(14)9-12/h7-10,15H,5-6H2,1-4H3,(H,19,21)(H,22,23). The van der Waals surface area contributed by atoms with Gasteiger partial charge in [-0.3, -0.25) is 4.79 Å². The van der Waals surface area contributed by atoms with E-state index in [1.807, 2.05) is 32.1 Å². The first-order valence-corrected chi connectivity index (χ1v) is 7.90. The molecule has 6 nitrogen and oxygen atoms in total. The van der Waals surface area contributed by atoms with Crippen molar-refractivity contribution in [2.45, 2.75) is 46.6 Å². The molecular formula is C17H23N3O3. The number of nitrogens with one attached hydrogen (secondary N) is 1. The third-order valence-electron chi connectivity index (χ3n) is 4.32. The van der Waals surface area contributed by atoms with Crippen LogP contribution in [0.25, 0.3) is 5.65 Å². The van der Waals surface area contributed by atoms with Crippen LogP contribution < -0.4 is 5.32 Å². The van der Waals surface area contributed by atoms with Crippen LogP contribution in [0.15, 0.2) is 18.3 Å². The summed E-state index contributed by atoms with van der Waals surface area (Å²) < 4.78 is 1.87. The molecule has 0 bridgehead atoms. The van der Waals surface area contributed by atoms with Crippen LogP contribution in [0.3, 0.4) is 0 Å². The fourth-order valence-corrected chi connectivity index (χ4v) is 2.59. The molecule has 0 fully saturated rings. The summed E-state index contributed by atoms with van der Waals surface area (Å²) in [5.41, 5.74) is 3.20. The number of imidazole rings is 1. The predicted molar refractivity (Wildman–Crippen MR) is 87.7 cm³/mol. The summed E-state index contributed by atoms with van der Waals surface area (Å²) in [6.45, 7) is 7.71. The van der Waals surface area contributed by atoms with E-state index in [1.54, 1.807) is 18.3 Å². The van der Waals surface area contributed by atoms with E-state index in [0.29, 0.717) is 12.0 Å². The van der Waals surface area contributed by atoms with E-state index in [9.17, 15) is 14.7 Å². The predicted octanol–water partition coefficient (Wildman–Crippen LogP) is 2.43. The van der Waals surface area contributed by atoms with Crippen LogP contribution in [0.2, 0.25) is 0 Å². The third-order valence-corrected chi connectivity index (χ3v) is 4.32. The number of aromatic nitrogens is 2. The molecule has 0 aliphatic rings. The molecule has 2 atom stereocenters. The lowest BCUT2D eigenvalue weighted by atomic mass is 9.99. The minimum atomic E-state index is -1.01. The molecule has 2 rings (SSSR count). The van der Waals surface area contributed by atoms with Gasteiger partial charge in [0, 0.05) is 11.9 Å². The number of hydrogen-bond acceptors (Lipinski definition) is 3. The summed E-state index contributed by atoms with van der Waals surface area (Å²) in [7, 11) is 0. The molecule has 23 heavy (non-hydrogen) atoms. The van der Waals surface area contributed by atoms with Crippen molar-refractivity contribution in [3.8, 4) is 0 Å². The van der Waals surface area contributed by atoms with Crippen LogP contribution in [0.1, 0.15) is 48.9 Å². The van der Waals surface area contributed by atoms with Gasteiger partial charge in [-0.1, -0.05) is 27.2 Å². The number of aliphatic carboxylic acids is 1. The zero-order valence-corrected chi connectivity index (χ0v) is 14.0. The average molecular weight is 317 g/mol. The summed E-state index contributed by atoms with van der Waals surface area (Å²) in [5, 5.41) is 11.9. The lowest BCUT2D eigenvalue weighted by Crippen LogP contribution is -2.45. The highest BCUT2D eigenvalue weighted by atomic mass is 16.4. The highest BCUT2D eigenvalue weighted by Crippen LogP contribution is 2.15. The van der Waals surface area contributed by atoms with Crippen LogP contribution in [0.5, 0.6) is 0 Å². The summed E-state index contributed by atoms with van der Waals surface area (Å²) in [4.78, 5) is 28.2. The second kappa shape index (κ2) is 6.81. The molecule has 2 unspecified atom stereocenters. The van der Waals surface area contributed by atoms with Gasteiger partial charge in [-0.05, 0) is 31.4 Å². The Morgan fingerprint density at radius 3 is 2.61 bits per heavy atom. The molecule has 124 valence electrons. The van der Waals surface area contributed by atoms with Crippen molar-refractivity contribution < 1.29 is 14.7 Å². The van der Waals surface area contributed by atoms with Crippen LogP contribution in [-0.4, -0.2) is 32.4 Å². The van der Waals surface area contributed by atoms with Gasteiger partial charge in [-0.15, -0.1) is 0 Å². The van der Waals surface area contributed by atoms with E-state index in [-0.39, 0.29) is 11.8 Å². The largest absolute Gasteiger partial charge is 0.480 e. The number of carbonyl (C=O) groups excluding carboxylic acids is 1. The van der Waals surface area contributed by atoms with Crippen LogP contribution in [0.4, 0.5) is 0 Å². The summed E-state index contributed by atoms with van der Waals surface area (Å²) in [5.74, 6) is -1.53. The fraction of sp³-hybridized carbons (Fsp3) is 0.471. The van der Waals surface area contributed by atoms with Crippen LogP contribution >= 0.6 is 0 Å². The molecule has 0 spiro atoms. The van der Waals surface area contributed by atoms with Crippen molar-refractivity contribution in [2.75, 3.05) is 0 Å². The van der Waals surface area contributed by atoms with Gasteiger partial charge in [-0.25, -0.2) is 9.78 Å². The number of rotatable bonds is 6. The Morgan fingerprint density at radius 1 is 1.35 bits per heavy atom. The summed E-state index contributed by atoms with van der Waals surface area (Å²) in [6.07, 6.45) is 3.21. The Balaban J connectivity index is 2.30. The second-order valence-corrected chi connectivity index (χ2v) is 5.82. The van der Waals surface area contributed by atoms with Crippen LogP contribution in [0, 0.1) is 12.8 Å². The lowest BCUT2D eigenvalue weighted by Gasteiger charge is -2.20. The average Bonchev–Trinajstić information content (AvgIpc) is 2.87. The Labute approximate surface area is 135 Å². The first-order valence-electron chi connectivity index (χ1n) is 7.90. The zero-order chi connectivity index (χ0) is 17.1. The number of carbonyl (C=O) groups is 2. The van der Waals surface area contributed by atoms with Gasteiger partial charge in [0.2, 0.25) is 0 Å². The summed E-state index contributed by atoms with van der Waals surface area (Å²) >= 11 is 0.